The van der Waals surface area contributed by atoms with Gasteiger partial charge in [0.2, 0.25) is 0 Å². The molecule has 9 aromatic carbocycles. The van der Waals surface area contributed by atoms with Gasteiger partial charge in [-0.25, -0.2) is 15.0 Å². The van der Waals surface area contributed by atoms with Crippen LogP contribution in [0.15, 0.2) is 224 Å². The maximum absolute atomic E-state index is 5.41. The summed E-state index contributed by atoms with van der Waals surface area (Å²) in [5.74, 6) is 2.02. The van der Waals surface area contributed by atoms with E-state index < -0.39 is 16.1 Å². The maximum atomic E-state index is 5.41. The Bertz CT molecular complexity index is 3350. The molecule has 0 spiro atoms. The summed E-state index contributed by atoms with van der Waals surface area (Å²) >= 11 is 0. The molecular formula is C59H43N3Si2. The summed E-state index contributed by atoms with van der Waals surface area (Å²) in [4.78, 5) is 15.9. The molecule has 0 fully saturated rings. The molecule has 64 heavy (non-hydrogen) atoms. The lowest BCUT2D eigenvalue weighted by Crippen LogP contribution is -2.72. The van der Waals surface area contributed by atoms with Gasteiger partial charge in [0, 0.05) is 16.7 Å². The standard InChI is InChI=1S/C59H43N3Si2/c1-63(2)53-34-30-43(40-18-8-3-9-19-40)36-51(53)49-32-28-45(38-55(49)63)58-60-57(42-22-12-5-13-23-42)61-59(62-58)46-29-33-50-52-37-44(41-20-10-4-11-21-41)31-35-54(52)64(56(50)39-46,47-24-14-6-15-25-47)48-26-16-7-17-27-48/h3-39H,1-2H3. The van der Waals surface area contributed by atoms with Crippen molar-refractivity contribution in [1.29, 1.82) is 0 Å². The predicted molar refractivity (Wildman–Crippen MR) is 272 cm³/mol. The van der Waals surface area contributed by atoms with Crippen molar-refractivity contribution < 1.29 is 0 Å². The van der Waals surface area contributed by atoms with Gasteiger partial charge in [-0.1, -0.05) is 225 Å². The van der Waals surface area contributed by atoms with Crippen LogP contribution in [0.3, 0.4) is 0 Å². The number of fused-ring (bicyclic) bond motifs is 6. The molecule has 0 aliphatic carbocycles. The number of aromatic nitrogens is 3. The number of rotatable bonds is 7. The van der Waals surface area contributed by atoms with E-state index in [-0.39, 0.29) is 0 Å². The van der Waals surface area contributed by atoms with Gasteiger partial charge in [0.15, 0.2) is 25.5 Å². The van der Waals surface area contributed by atoms with Crippen LogP contribution in [-0.4, -0.2) is 31.1 Å². The third kappa shape index (κ3) is 6.04. The maximum Gasteiger partial charge on any atom is 0.180 e. The molecule has 0 saturated heterocycles. The summed E-state index contributed by atoms with van der Waals surface area (Å²) in [6.07, 6.45) is 0. The van der Waals surface area contributed by atoms with E-state index in [1.54, 1.807) is 0 Å². The van der Waals surface area contributed by atoms with Crippen LogP contribution in [0.5, 0.6) is 0 Å². The minimum atomic E-state index is -2.82. The largest absolute Gasteiger partial charge is 0.208 e. The van der Waals surface area contributed by atoms with Crippen molar-refractivity contribution in [3.05, 3.63) is 224 Å². The van der Waals surface area contributed by atoms with Crippen molar-refractivity contribution in [1.82, 2.24) is 15.0 Å². The molecular weight excluding hydrogens is 807 g/mol. The highest BCUT2D eigenvalue weighted by Gasteiger charge is 2.49. The molecule has 2 aliphatic heterocycles. The van der Waals surface area contributed by atoms with Crippen molar-refractivity contribution in [2.24, 2.45) is 0 Å². The zero-order valence-corrected chi connectivity index (χ0v) is 37.7. The topological polar surface area (TPSA) is 38.7 Å². The fraction of sp³-hybridized carbons (Fsp3) is 0.0339. The van der Waals surface area contributed by atoms with E-state index in [1.165, 1.54) is 75.6 Å². The zero-order valence-electron chi connectivity index (χ0n) is 35.7. The molecule has 0 unspecified atom stereocenters. The third-order valence-corrected chi connectivity index (χ3v) is 22.0. The summed E-state index contributed by atoms with van der Waals surface area (Å²) in [7, 11) is -4.86. The lowest BCUT2D eigenvalue weighted by molar-refractivity contribution is 1.07. The molecule has 3 heterocycles. The molecule has 12 rings (SSSR count). The van der Waals surface area contributed by atoms with Crippen molar-refractivity contribution >= 4 is 47.3 Å². The van der Waals surface area contributed by atoms with Crippen LogP contribution >= 0.6 is 0 Å². The zero-order chi connectivity index (χ0) is 42.8. The fourth-order valence-corrected chi connectivity index (χ4v) is 18.8. The van der Waals surface area contributed by atoms with Gasteiger partial charge in [-0.2, -0.15) is 0 Å². The second kappa shape index (κ2) is 15.1. The van der Waals surface area contributed by atoms with E-state index in [1.807, 2.05) is 6.07 Å². The molecule has 0 radical (unpaired) electrons. The molecule has 10 aromatic rings. The van der Waals surface area contributed by atoms with Gasteiger partial charge >= 0.3 is 0 Å². The summed E-state index contributed by atoms with van der Waals surface area (Å²) < 4.78 is 0. The lowest BCUT2D eigenvalue weighted by atomic mass is 9.98. The second-order valence-corrected chi connectivity index (χ2v) is 25.6. The van der Waals surface area contributed by atoms with E-state index in [4.69, 9.17) is 15.0 Å². The molecule has 5 heteroatoms. The second-order valence-electron chi connectivity index (χ2n) is 17.6. The first-order valence-electron chi connectivity index (χ1n) is 22.1. The smallest absolute Gasteiger partial charge is 0.180 e. The van der Waals surface area contributed by atoms with E-state index in [2.05, 4.69) is 231 Å². The van der Waals surface area contributed by atoms with E-state index in [0.29, 0.717) is 17.5 Å². The predicted octanol–water partition coefficient (Wildman–Crippen LogP) is 10.4. The van der Waals surface area contributed by atoms with E-state index >= 15 is 0 Å². The molecule has 0 saturated carbocycles. The molecule has 0 bridgehead atoms. The fourth-order valence-electron chi connectivity index (χ4n) is 10.5. The SMILES string of the molecule is C[Si]1(C)c2ccc(-c3ccccc3)cc2-c2ccc(-c3nc(-c4ccccc4)nc(-c4ccc5c(c4)[Si](c4ccccc4)(c4ccccc4)c4ccc(-c6ccccc6)cc4-5)n3)cc21. The highest BCUT2D eigenvalue weighted by Crippen LogP contribution is 2.37. The van der Waals surface area contributed by atoms with Gasteiger partial charge in [-0.05, 0) is 87.8 Å². The van der Waals surface area contributed by atoms with Crippen LogP contribution in [-0.2, 0) is 0 Å². The Balaban J connectivity index is 1.05. The minimum absolute atomic E-state index is 0.666. The first kappa shape index (κ1) is 38.1. The number of hydrogen-bond acceptors (Lipinski definition) is 3. The highest BCUT2D eigenvalue weighted by molar-refractivity contribution is 7.22. The first-order chi connectivity index (χ1) is 31.5. The summed E-state index contributed by atoms with van der Waals surface area (Å²) in [5.41, 5.74) is 13.1. The first-order valence-corrected chi connectivity index (χ1v) is 27.1. The molecule has 1 aromatic heterocycles. The average molecular weight is 850 g/mol. The molecule has 0 atom stereocenters. The van der Waals surface area contributed by atoms with Crippen molar-refractivity contribution in [3.8, 4) is 78.7 Å². The van der Waals surface area contributed by atoms with Crippen molar-refractivity contribution in [2.45, 2.75) is 13.1 Å². The molecule has 3 nitrogen and oxygen atoms in total. The van der Waals surface area contributed by atoms with Gasteiger partial charge in [0.1, 0.15) is 8.07 Å². The Kier molecular flexibility index (Phi) is 8.97. The van der Waals surface area contributed by atoms with Crippen LogP contribution in [0.4, 0.5) is 0 Å². The quantitative estimate of drug-likeness (QED) is 0.150. The molecule has 302 valence electrons. The van der Waals surface area contributed by atoms with Gasteiger partial charge in [-0.3, -0.25) is 0 Å². The highest BCUT2D eigenvalue weighted by atomic mass is 28.3. The molecule has 0 amide bonds. The lowest BCUT2D eigenvalue weighted by Gasteiger charge is -2.31. The Morgan fingerprint density at radius 2 is 0.641 bits per heavy atom. The number of nitrogens with zero attached hydrogens (tertiary/aromatic N) is 3. The minimum Gasteiger partial charge on any atom is -0.208 e. The Morgan fingerprint density at radius 1 is 0.266 bits per heavy atom. The Hall–Kier alpha value is -7.58. The summed E-state index contributed by atoms with van der Waals surface area (Å²) in [6, 6.07) is 82.2. The normalized spacial score (nSPS) is 13.7. The summed E-state index contributed by atoms with van der Waals surface area (Å²) in [5, 5.41) is 8.35. The Morgan fingerprint density at radius 3 is 1.14 bits per heavy atom. The number of hydrogen-bond donors (Lipinski definition) is 0. The number of benzene rings is 9. The van der Waals surface area contributed by atoms with Gasteiger partial charge in [0.05, 0.1) is 0 Å². The monoisotopic (exact) mass is 849 g/mol. The van der Waals surface area contributed by atoms with Crippen molar-refractivity contribution in [2.75, 3.05) is 0 Å². The van der Waals surface area contributed by atoms with Crippen LogP contribution < -0.4 is 31.1 Å². The van der Waals surface area contributed by atoms with Crippen LogP contribution in [0.25, 0.3) is 78.7 Å². The van der Waals surface area contributed by atoms with E-state index in [9.17, 15) is 0 Å². The summed E-state index contributed by atoms with van der Waals surface area (Å²) in [6.45, 7) is 4.94. The van der Waals surface area contributed by atoms with Gasteiger partial charge in [0.25, 0.3) is 0 Å². The van der Waals surface area contributed by atoms with E-state index in [0.717, 1.165) is 16.7 Å². The van der Waals surface area contributed by atoms with Gasteiger partial charge < -0.3 is 0 Å². The molecule has 0 N–H and O–H groups in total. The Labute approximate surface area is 376 Å². The average Bonchev–Trinajstić information content (AvgIpc) is 3.79. The van der Waals surface area contributed by atoms with Gasteiger partial charge in [-0.15, -0.1) is 0 Å². The third-order valence-electron chi connectivity index (χ3n) is 13.6. The van der Waals surface area contributed by atoms with Crippen LogP contribution in [0.1, 0.15) is 0 Å². The van der Waals surface area contributed by atoms with Crippen LogP contribution in [0, 0.1) is 0 Å². The van der Waals surface area contributed by atoms with Crippen LogP contribution in [0.2, 0.25) is 13.1 Å². The van der Waals surface area contributed by atoms with Crippen molar-refractivity contribution in [3.63, 3.8) is 0 Å². The molecule has 2 aliphatic rings.